The van der Waals surface area contributed by atoms with E-state index in [0.29, 0.717) is 29.0 Å². The molecule has 0 spiro atoms. The number of amides is 4. The summed E-state index contributed by atoms with van der Waals surface area (Å²) in [5.41, 5.74) is 2.21. The molecule has 0 aliphatic carbocycles. The van der Waals surface area contributed by atoms with E-state index in [4.69, 9.17) is 9.47 Å². The molecule has 2 aliphatic heterocycles. The number of rotatable bonds is 12. The molecule has 0 bridgehead atoms. The van der Waals surface area contributed by atoms with Crippen molar-refractivity contribution < 1.29 is 42.7 Å². The van der Waals surface area contributed by atoms with Crippen LogP contribution in [0.15, 0.2) is 85.5 Å². The zero-order valence-corrected chi connectivity index (χ0v) is 27.6. The lowest BCUT2D eigenvalue weighted by Gasteiger charge is -2.54. The molecule has 2 fully saturated rings. The van der Waals surface area contributed by atoms with Crippen molar-refractivity contribution in [2.24, 2.45) is 0 Å². The summed E-state index contributed by atoms with van der Waals surface area (Å²) in [4.78, 5) is 65.4. The van der Waals surface area contributed by atoms with Crippen LogP contribution in [0.2, 0.25) is 0 Å². The van der Waals surface area contributed by atoms with Gasteiger partial charge < -0.3 is 29.1 Å². The SMILES string of the molecule is C=CC[C@@H]1CC(=O)N2[C@H](CN(Cc3cccc(OC)c3OC)C(=O)[C@@H]2Cc2ccc(OP(=O)(O)O)cc2)N1C(=O)NCc1ccccc1. The Labute approximate surface area is 278 Å². The highest BCUT2D eigenvalue weighted by Crippen LogP contribution is 2.38. The molecule has 254 valence electrons. The van der Waals surface area contributed by atoms with Crippen LogP contribution in [-0.4, -0.2) is 81.3 Å². The Kier molecular flexibility index (Phi) is 10.7. The lowest BCUT2D eigenvalue weighted by Crippen LogP contribution is -2.74. The van der Waals surface area contributed by atoms with Crippen molar-refractivity contribution in [2.45, 2.75) is 50.6 Å². The molecule has 3 aromatic carbocycles. The fraction of sp³-hybridized carbons (Fsp3) is 0.324. The number of nitrogens with zero attached hydrogens (tertiary/aromatic N) is 3. The molecule has 14 heteroatoms. The van der Waals surface area contributed by atoms with Gasteiger partial charge in [-0.3, -0.25) is 24.3 Å². The minimum absolute atomic E-state index is 0.00380. The van der Waals surface area contributed by atoms with Gasteiger partial charge >= 0.3 is 13.9 Å². The predicted octanol–water partition coefficient (Wildman–Crippen LogP) is 3.84. The third-order valence-corrected chi connectivity index (χ3v) is 8.88. The van der Waals surface area contributed by atoms with Crippen LogP contribution in [0.5, 0.6) is 17.2 Å². The maximum atomic E-state index is 14.3. The van der Waals surface area contributed by atoms with Gasteiger partial charge in [0.2, 0.25) is 11.8 Å². The second-order valence-electron chi connectivity index (χ2n) is 11.5. The molecule has 4 amide bonds. The van der Waals surface area contributed by atoms with Crippen LogP contribution in [-0.2, 0) is 33.7 Å². The molecule has 3 atom stereocenters. The van der Waals surface area contributed by atoms with E-state index in [0.717, 1.165) is 5.56 Å². The van der Waals surface area contributed by atoms with Crippen LogP contribution in [0.25, 0.3) is 0 Å². The van der Waals surface area contributed by atoms with Crippen molar-refractivity contribution in [3.8, 4) is 17.2 Å². The first-order valence-corrected chi connectivity index (χ1v) is 16.9. The number of piperazine rings is 1. The van der Waals surface area contributed by atoms with E-state index in [1.54, 1.807) is 40.1 Å². The molecule has 48 heavy (non-hydrogen) atoms. The average Bonchev–Trinajstić information content (AvgIpc) is 3.06. The predicted molar refractivity (Wildman–Crippen MR) is 176 cm³/mol. The highest BCUT2D eigenvalue weighted by Gasteiger charge is 2.51. The van der Waals surface area contributed by atoms with Crippen molar-refractivity contribution in [3.63, 3.8) is 0 Å². The molecule has 2 heterocycles. The van der Waals surface area contributed by atoms with Gasteiger partial charge in [0.25, 0.3) is 0 Å². The lowest BCUT2D eigenvalue weighted by molar-refractivity contribution is -0.170. The summed E-state index contributed by atoms with van der Waals surface area (Å²) in [5.74, 6) is 0.323. The van der Waals surface area contributed by atoms with Crippen LogP contribution in [0.4, 0.5) is 4.79 Å². The number of nitrogens with one attached hydrogen (secondary N) is 1. The third kappa shape index (κ3) is 7.82. The molecule has 3 N–H and O–H groups in total. The molecule has 2 saturated heterocycles. The van der Waals surface area contributed by atoms with Gasteiger partial charge in [-0.25, -0.2) is 9.36 Å². The molecule has 0 radical (unpaired) electrons. The Morgan fingerprint density at radius 1 is 1.00 bits per heavy atom. The quantitative estimate of drug-likeness (QED) is 0.191. The molecular weight excluding hydrogens is 639 g/mol. The Morgan fingerprint density at radius 2 is 1.73 bits per heavy atom. The fourth-order valence-electron chi connectivity index (χ4n) is 6.34. The number of phosphoric ester groups is 1. The number of phosphoric acid groups is 1. The van der Waals surface area contributed by atoms with Gasteiger partial charge in [0.1, 0.15) is 18.0 Å². The topological polar surface area (TPSA) is 158 Å². The molecule has 0 saturated carbocycles. The highest BCUT2D eigenvalue weighted by atomic mass is 31.2. The normalized spacial score (nSPS) is 19.4. The number of benzene rings is 3. The Bertz CT molecular complexity index is 1680. The maximum Gasteiger partial charge on any atom is 0.524 e. The zero-order valence-electron chi connectivity index (χ0n) is 26.7. The van der Waals surface area contributed by atoms with Gasteiger partial charge in [-0.15, -0.1) is 6.58 Å². The molecule has 5 rings (SSSR count). The van der Waals surface area contributed by atoms with E-state index >= 15 is 0 Å². The lowest BCUT2D eigenvalue weighted by atomic mass is 9.93. The third-order valence-electron chi connectivity index (χ3n) is 8.43. The number of para-hydroxylation sites is 1. The second-order valence-corrected chi connectivity index (χ2v) is 12.7. The molecular formula is C34H39N4O9P. The number of carbonyl (C=O) groups excluding carboxylic acids is 3. The maximum absolute atomic E-state index is 14.3. The minimum atomic E-state index is -4.77. The number of fused-ring (bicyclic) bond motifs is 1. The summed E-state index contributed by atoms with van der Waals surface area (Å²) in [6.07, 6.45) is 1.33. The van der Waals surface area contributed by atoms with Gasteiger partial charge in [-0.1, -0.05) is 60.7 Å². The van der Waals surface area contributed by atoms with Gasteiger partial charge in [-0.2, -0.15) is 0 Å². The summed E-state index contributed by atoms with van der Waals surface area (Å²) in [7, 11) is -1.73. The van der Waals surface area contributed by atoms with E-state index in [1.165, 1.54) is 31.3 Å². The number of urea groups is 1. The first-order valence-electron chi connectivity index (χ1n) is 15.4. The minimum Gasteiger partial charge on any atom is -0.493 e. The zero-order chi connectivity index (χ0) is 34.4. The first-order chi connectivity index (χ1) is 23.0. The number of methoxy groups -OCH3 is 2. The molecule has 3 aromatic rings. The van der Waals surface area contributed by atoms with E-state index in [9.17, 15) is 28.7 Å². The van der Waals surface area contributed by atoms with E-state index in [1.807, 2.05) is 36.4 Å². The van der Waals surface area contributed by atoms with Gasteiger partial charge in [-0.05, 0) is 35.7 Å². The Morgan fingerprint density at radius 3 is 2.38 bits per heavy atom. The standard InChI is InChI=1S/C34H39N4O9P/c1-4-9-26-19-31(39)38-28(18-23-14-16-27(17-15-23)47-48(42,43)44)33(40)36(21-25-12-8-13-29(45-2)32(25)46-3)22-30(38)37(26)34(41)35-20-24-10-6-5-7-11-24/h4-8,10-17,26,28,30H,1,9,18-22H2,2-3H3,(H,35,41)(H2,42,43,44)/t26-,28+,30-/m1/s1. The largest absolute Gasteiger partial charge is 0.524 e. The summed E-state index contributed by atoms with van der Waals surface area (Å²) in [6, 6.07) is 18.9. The van der Waals surface area contributed by atoms with Crippen molar-refractivity contribution in [3.05, 3.63) is 102 Å². The smallest absolute Gasteiger partial charge is 0.493 e. The monoisotopic (exact) mass is 678 g/mol. The van der Waals surface area contributed by atoms with Gasteiger partial charge in [0, 0.05) is 37.5 Å². The fourth-order valence-corrected chi connectivity index (χ4v) is 6.73. The first kappa shape index (κ1) is 34.5. The van der Waals surface area contributed by atoms with Gasteiger partial charge in [0.15, 0.2) is 11.5 Å². The summed E-state index contributed by atoms with van der Waals surface area (Å²) >= 11 is 0. The number of hydrogen-bond donors (Lipinski definition) is 3. The molecule has 2 aliphatic rings. The summed E-state index contributed by atoms with van der Waals surface area (Å²) in [6.45, 7) is 4.29. The summed E-state index contributed by atoms with van der Waals surface area (Å²) in [5, 5.41) is 3.00. The van der Waals surface area contributed by atoms with Crippen molar-refractivity contribution in [1.82, 2.24) is 20.0 Å². The Balaban J connectivity index is 1.51. The number of carbonyl (C=O) groups is 3. The van der Waals surface area contributed by atoms with Crippen molar-refractivity contribution in [1.29, 1.82) is 0 Å². The van der Waals surface area contributed by atoms with Gasteiger partial charge in [0.05, 0.1) is 20.8 Å². The van der Waals surface area contributed by atoms with Crippen LogP contribution in [0, 0.1) is 0 Å². The average molecular weight is 679 g/mol. The van der Waals surface area contributed by atoms with Crippen molar-refractivity contribution >= 4 is 25.7 Å². The van der Waals surface area contributed by atoms with Crippen LogP contribution in [0.3, 0.4) is 0 Å². The van der Waals surface area contributed by atoms with Crippen LogP contribution < -0.4 is 19.3 Å². The second kappa shape index (κ2) is 14.9. The number of ether oxygens (including phenoxy) is 2. The van der Waals surface area contributed by atoms with E-state index in [-0.39, 0.29) is 56.1 Å². The van der Waals surface area contributed by atoms with E-state index < -0.39 is 26.1 Å². The van der Waals surface area contributed by atoms with Crippen LogP contribution in [0.1, 0.15) is 29.5 Å². The summed E-state index contributed by atoms with van der Waals surface area (Å²) < 4.78 is 27.1. The van der Waals surface area contributed by atoms with E-state index in [2.05, 4.69) is 16.4 Å². The molecule has 0 unspecified atom stereocenters. The Hall–Kier alpha value is -4.84. The highest BCUT2D eigenvalue weighted by molar-refractivity contribution is 7.46. The molecule has 13 nitrogen and oxygen atoms in total. The van der Waals surface area contributed by atoms with Crippen LogP contribution >= 0.6 is 7.82 Å². The number of hydrogen-bond acceptors (Lipinski definition) is 7. The molecule has 0 aromatic heterocycles. The van der Waals surface area contributed by atoms with Crippen molar-refractivity contribution in [2.75, 3.05) is 20.8 Å².